The highest BCUT2D eigenvalue weighted by Gasteiger charge is 2.19. The van der Waals surface area contributed by atoms with E-state index in [9.17, 15) is 10.1 Å². The molecular formula is C23H22N6O4. The van der Waals surface area contributed by atoms with Gasteiger partial charge in [0.1, 0.15) is 11.5 Å². The lowest BCUT2D eigenvalue weighted by Gasteiger charge is -2.17. The molecule has 2 aromatic heterocycles. The number of nitrogens with zero attached hydrogens (tertiary/aromatic N) is 5. The number of hydrogen-bond acceptors (Lipinski definition) is 8. The van der Waals surface area contributed by atoms with Gasteiger partial charge in [-0.3, -0.25) is 20.0 Å². The van der Waals surface area contributed by atoms with E-state index in [0.29, 0.717) is 34.8 Å². The Labute approximate surface area is 190 Å². The fourth-order valence-electron chi connectivity index (χ4n) is 3.49. The van der Waals surface area contributed by atoms with E-state index >= 15 is 0 Å². The number of aromatic nitrogens is 4. The molecule has 2 aromatic carbocycles. The standard InChI is InChI=1S/C23H22N6O4/c1-14-11-15(2)26-22(25-14)27-23-24-13-20(16-5-7-17(8-6-16)29(30)31)28(23)19-12-18(32-3)9-10-21(19)33-4/h5-13H,1-4H3,(H,24,25,26,27). The second-order valence-corrected chi connectivity index (χ2v) is 7.24. The predicted octanol–water partition coefficient (Wildman–Crippen LogP) is 4.62. The van der Waals surface area contributed by atoms with E-state index in [1.54, 1.807) is 44.7 Å². The SMILES string of the molecule is COc1ccc(OC)c(-n2c(-c3ccc([N+](=O)[O-])cc3)cnc2Nc2nc(C)cc(C)n2)c1. The molecule has 0 aliphatic heterocycles. The van der Waals surface area contributed by atoms with Crippen LogP contribution in [-0.2, 0) is 0 Å². The van der Waals surface area contributed by atoms with Crippen molar-refractivity contribution in [2.24, 2.45) is 0 Å². The molecule has 0 saturated heterocycles. The van der Waals surface area contributed by atoms with Crippen LogP contribution in [0, 0.1) is 24.0 Å². The molecule has 33 heavy (non-hydrogen) atoms. The van der Waals surface area contributed by atoms with Gasteiger partial charge >= 0.3 is 0 Å². The summed E-state index contributed by atoms with van der Waals surface area (Å²) in [6, 6.07) is 13.6. The van der Waals surface area contributed by atoms with Crippen LogP contribution in [0.25, 0.3) is 16.9 Å². The fourth-order valence-corrected chi connectivity index (χ4v) is 3.49. The monoisotopic (exact) mass is 446 g/mol. The van der Waals surface area contributed by atoms with Gasteiger partial charge in [-0.15, -0.1) is 0 Å². The number of nitro groups is 1. The molecular weight excluding hydrogens is 424 g/mol. The van der Waals surface area contributed by atoms with Gasteiger partial charge in [-0.2, -0.15) is 0 Å². The number of anilines is 2. The number of hydrogen-bond donors (Lipinski definition) is 1. The van der Waals surface area contributed by atoms with E-state index in [4.69, 9.17) is 9.47 Å². The molecule has 1 N–H and O–H groups in total. The van der Waals surface area contributed by atoms with E-state index in [2.05, 4.69) is 20.3 Å². The Hall–Kier alpha value is -4.47. The molecule has 4 aromatic rings. The van der Waals surface area contributed by atoms with Gasteiger partial charge in [-0.05, 0) is 44.2 Å². The Morgan fingerprint density at radius 2 is 1.67 bits per heavy atom. The van der Waals surface area contributed by atoms with Crippen LogP contribution in [-0.4, -0.2) is 38.7 Å². The number of rotatable bonds is 7. The third-order valence-corrected chi connectivity index (χ3v) is 4.97. The van der Waals surface area contributed by atoms with Crippen LogP contribution in [0.5, 0.6) is 11.5 Å². The highest BCUT2D eigenvalue weighted by molar-refractivity contribution is 5.70. The van der Waals surface area contributed by atoms with Crippen LogP contribution in [0.3, 0.4) is 0 Å². The smallest absolute Gasteiger partial charge is 0.269 e. The van der Waals surface area contributed by atoms with Gasteiger partial charge in [0, 0.05) is 35.2 Å². The molecule has 2 heterocycles. The van der Waals surface area contributed by atoms with Crippen LogP contribution in [0.15, 0.2) is 54.7 Å². The molecule has 0 aliphatic rings. The minimum absolute atomic E-state index is 0.00533. The first-order chi connectivity index (χ1) is 15.9. The summed E-state index contributed by atoms with van der Waals surface area (Å²) in [6.07, 6.45) is 1.67. The molecule has 0 bridgehead atoms. The highest BCUT2D eigenvalue weighted by atomic mass is 16.6. The van der Waals surface area contributed by atoms with Crippen LogP contribution in [0.1, 0.15) is 11.4 Å². The van der Waals surface area contributed by atoms with E-state index in [1.165, 1.54) is 12.1 Å². The van der Waals surface area contributed by atoms with Crippen molar-refractivity contribution in [1.29, 1.82) is 0 Å². The van der Waals surface area contributed by atoms with Crippen molar-refractivity contribution < 1.29 is 14.4 Å². The van der Waals surface area contributed by atoms with Crippen molar-refractivity contribution in [3.8, 4) is 28.4 Å². The van der Waals surface area contributed by atoms with Gasteiger partial charge in [0.25, 0.3) is 5.69 Å². The first kappa shape index (κ1) is 21.8. The minimum Gasteiger partial charge on any atom is -0.497 e. The second-order valence-electron chi connectivity index (χ2n) is 7.24. The lowest BCUT2D eigenvalue weighted by atomic mass is 10.1. The molecule has 0 aliphatic carbocycles. The summed E-state index contributed by atoms with van der Waals surface area (Å²) in [6.45, 7) is 3.78. The van der Waals surface area contributed by atoms with Crippen LogP contribution in [0.4, 0.5) is 17.6 Å². The topological polar surface area (TPSA) is 117 Å². The number of aryl methyl sites for hydroxylation is 2. The lowest BCUT2D eigenvalue weighted by Crippen LogP contribution is -2.08. The third-order valence-electron chi connectivity index (χ3n) is 4.97. The molecule has 0 fully saturated rings. The fraction of sp³-hybridized carbons (Fsp3) is 0.174. The van der Waals surface area contributed by atoms with E-state index in [0.717, 1.165) is 17.0 Å². The Morgan fingerprint density at radius 1 is 0.970 bits per heavy atom. The third kappa shape index (κ3) is 4.45. The molecule has 10 nitrogen and oxygen atoms in total. The van der Waals surface area contributed by atoms with E-state index in [1.807, 2.05) is 30.5 Å². The van der Waals surface area contributed by atoms with Crippen molar-refractivity contribution in [2.75, 3.05) is 19.5 Å². The van der Waals surface area contributed by atoms with Crippen LogP contribution < -0.4 is 14.8 Å². The summed E-state index contributed by atoms with van der Waals surface area (Å²) >= 11 is 0. The van der Waals surface area contributed by atoms with E-state index < -0.39 is 4.92 Å². The summed E-state index contributed by atoms with van der Waals surface area (Å²) in [5, 5.41) is 14.3. The maximum Gasteiger partial charge on any atom is 0.269 e. The predicted molar refractivity (Wildman–Crippen MR) is 124 cm³/mol. The van der Waals surface area contributed by atoms with Gasteiger partial charge in [-0.1, -0.05) is 0 Å². The molecule has 168 valence electrons. The van der Waals surface area contributed by atoms with Crippen molar-refractivity contribution >= 4 is 17.6 Å². The summed E-state index contributed by atoms with van der Waals surface area (Å²) in [5.41, 5.74) is 3.71. The van der Waals surface area contributed by atoms with Gasteiger partial charge < -0.3 is 9.47 Å². The summed E-state index contributed by atoms with van der Waals surface area (Å²) < 4.78 is 12.9. The van der Waals surface area contributed by atoms with E-state index in [-0.39, 0.29) is 5.69 Å². The average Bonchev–Trinajstić information content (AvgIpc) is 3.21. The van der Waals surface area contributed by atoms with Crippen molar-refractivity contribution in [3.05, 3.63) is 76.2 Å². The van der Waals surface area contributed by atoms with Gasteiger partial charge in [0.05, 0.1) is 36.7 Å². The first-order valence-electron chi connectivity index (χ1n) is 10.0. The Bertz CT molecular complexity index is 1300. The maximum absolute atomic E-state index is 11.1. The highest BCUT2D eigenvalue weighted by Crippen LogP contribution is 2.35. The zero-order valence-electron chi connectivity index (χ0n) is 18.6. The molecule has 0 spiro atoms. The Balaban J connectivity index is 1.90. The quantitative estimate of drug-likeness (QED) is 0.323. The Morgan fingerprint density at radius 3 is 2.27 bits per heavy atom. The molecule has 0 atom stereocenters. The minimum atomic E-state index is -0.434. The number of benzene rings is 2. The van der Waals surface area contributed by atoms with Crippen LogP contribution in [0.2, 0.25) is 0 Å². The molecule has 0 saturated carbocycles. The largest absolute Gasteiger partial charge is 0.497 e. The number of non-ortho nitro benzene ring substituents is 1. The van der Waals surface area contributed by atoms with Crippen LogP contribution >= 0.6 is 0 Å². The van der Waals surface area contributed by atoms with Gasteiger partial charge in [0.15, 0.2) is 0 Å². The lowest BCUT2D eigenvalue weighted by molar-refractivity contribution is -0.384. The zero-order valence-corrected chi connectivity index (χ0v) is 18.6. The van der Waals surface area contributed by atoms with Crippen molar-refractivity contribution in [1.82, 2.24) is 19.5 Å². The molecule has 0 radical (unpaired) electrons. The maximum atomic E-state index is 11.1. The summed E-state index contributed by atoms with van der Waals surface area (Å²) in [7, 11) is 3.16. The molecule has 0 unspecified atom stereocenters. The van der Waals surface area contributed by atoms with Gasteiger partial charge in [-0.25, -0.2) is 15.0 Å². The van der Waals surface area contributed by atoms with Crippen molar-refractivity contribution in [3.63, 3.8) is 0 Å². The number of imidazole rings is 1. The summed E-state index contributed by atoms with van der Waals surface area (Å²) in [5.74, 6) is 2.06. The zero-order chi connectivity index (χ0) is 23.5. The number of nitrogens with one attached hydrogen (secondary N) is 1. The molecule has 4 rings (SSSR count). The first-order valence-corrected chi connectivity index (χ1v) is 10.0. The van der Waals surface area contributed by atoms with Crippen molar-refractivity contribution in [2.45, 2.75) is 13.8 Å². The Kier molecular flexibility index (Phi) is 5.90. The normalized spacial score (nSPS) is 10.7. The summed E-state index contributed by atoms with van der Waals surface area (Å²) in [4.78, 5) is 24.1. The second kappa shape index (κ2) is 8.95. The number of nitro benzene ring substituents is 1. The number of methoxy groups -OCH3 is 2. The number of ether oxygens (including phenoxy) is 2. The molecule has 0 amide bonds. The average molecular weight is 446 g/mol. The van der Waals surface area contributed by atoms with Gasteiger partial charge in [0.2, 0.25) is 11.9 Å². The molecule has 10 heteroatoms.